The highest BCUT2D eigenvalue weighted by molar-refractivity contribution is 5.94. The van der Waals surface area contributed by atoms with Gasteiger partial charge in [-0.15, -0.1) is 0 Å². The largest absolute Gasteiger partial charge is 0.489 e. The van der Waals surface area contributed by atoms with Crippen molar-refractivity contribution in [1.82, 2.24) is 0 Å². The fourth-order valence-corrected chi connectivity index (χ4v) is 1.64. The Balaban J connectivity index is 1.97. The third-order valence-corrected chi connectivity index (χ3v) is 2.79. The number of carbonyl (C=O) groups excluding carboxylic acids is 1. The minimum atomic E-state index is 0.0695. The van der Waals surface area contributed by atoms with Crippen LogP contribution in [0.2, 0.25) is 0 Å². The zero-order valence-electron chi connectivity index (χ0n) is 10.6. The summed E-state index contributed by atoms with van der Waals surface area (Å²) in [6, 6.07) is 15.5. The van der Waals surface area contributed by atoms with Gasteiger partial charge in [-0.2, -0.15) is 0 Å². The summed E-state index contributed by atoms with van der Waals surface area (Å²) in [7, 11) is 0. The second kappa shape index (κ2) is 5.50. The topological polar surface area (TPSA) is 26.3 Å². The summed E-state index contributed by atoms with van der Waals surface area (Å²) in [5.74, 6) is 0.848. The van der Waals surface area contributed by atoms with E-state index in [9.17, 15) is 4.79 Å². The fraction of sp³-hybridized carbons (Fsp3) is 0.188. The fourth-order valence-electron chi connectivity index (χ4n) is 1.64. The highest BCUT2D eigenvalue weighted by atomic mass is 16.5. The number of carbonyl (C=O) groups is 1. The first-order chi connectivity index (χ1) is 8.65. The van der Waals surface area contributed by atoms with Crippen molar-refractivity contribution in [3.05, 3.63) is 65.2 Å². The Morgan fingerprint density at radius 1 is 1.00 bits per heavy atom. The predicted molar refractivity (Wildman–Crippen MR) is 72.0 cm³/mol. The Bertz CT molecular complexity index is 524. The van der Waals surface area contributed by atoms with Crippen LogP contribution < -0.4 is 4.74 Å². The van der Waals surface area contributed by atoms with Crippen molar-refractivity contribution in [2.75, 3.05) is 0 Å². The molecule has 0 aromatic heterocycles. The van der Waals surface area contributed by atoms with E-state index < -0.39 is 0 Å². The van der Waals surface area contributed by atoms with Gasteiger partial charge in [0.1, 0.15) is 12.4 Å². The normalized spacial score (nSPS) is 10.1. The Labute approximate surface area is 107 Å². The summed E-state index contributed by atoms with van der Waals surface area (Å²) in [6.45, 7) is 4.16. The molecule has 0 radical (unpaired) electrons. The van der Waals surface area contributed by atoms with Crippen LogP contribution in [0.15, 0.2) is 48.5 Å². The molecule has 0 aliphatic heterocycles. The lowest BCUT2D eigenvalue weighted by molar-refractivity contribution is 0.101. The number of ether oxygens (including phenoxy) is 1. The molecule has 0 aliphatic carbocycles. The maximum Gasteiger partial charge on any atom is 0.159 e. The van der Waals surface area contributed by atoms with Gasteiger partial charge in [0, 0.05) is 5.56 Å². The van der Waals surface area contributed by atoms with Crippen molar-refractivity contribution in [1.29, 1.82) is 0 Å². The van der Waals surface area contributed by atoms with Gasteiger partial charge in [0.15, 0.2) is 5.78 Å². The molecule has 2 aromatic carbocycles. The minimum Gasteiger partial charge on any atom is -0.489 e. The number of hydrogen-bond donors (Lipinski definition) is 0. The molecule has 0 saturated heterocycles. The van der Waals surface area contributed by atoms with Crippen LogP contribution in [-0.4, -0.2) is 5.78 Å². The van der Waals surface area contributed by atoms with E-state index in [0.717, 1.165) is 11.3 Å². The third kappa shape index (κ3) is 3.20. The van der Waals surface area contributed by atoms with Crippen LogP contribution in [0.3, 0.4) is 0 Å². The van der Waals surface area contributed by atoms with Gasteiger partial charge in [-0.3, -0.25) is 4.79 Å². The van der Waals surface area contributed by atoms with Crippen LogP contribution in [0.5, 0.6) is 5.75 Å². The first-order valence-corrected chi connectivity index (χ1v) is 5.94. The number of benzene rings is 2. The third-order valence-electron chi connectivity index (χ3n) is 2.79. The van der Waals surface area contributed by atoms with E-state index in [4.69, 9.17) is 4.74 Å². The van der Waals surface area contributed by atoms with Gasteiger partial charge >= 0.3 is 0 Å². The van der Waals surface area contributed by atoms with E-state index in [1.165, 1.54) is 5.56 Å². The second-order valence-electron chi connectivity index (χ2n) is 4.35. The van der Waals surface area contributed by atoms with Gasteiger partial charge in [-0.05, 0) is 43.7 Å². The lowest BCUT2D eigenvalue weighted by Gasteiger charge is -2.07. The van der Waals surface area contributed by atoms with Crippen LogP contribution in [0.1, 0.15) is 28.4 Å². The summed E-state index contributed by atoms with van der Waals surface area (Å²) in [6.07, 6.45) is 0. The predicted octanol–water partition coefficient (Wildman–Crippen LogP) is 3.78. The summed E-state index contributed by atoms with van der Waals surface area (Å²) < 4.78 is 5.66. The standard InChI is InChI=1S/C16H16O2/c1-12-3-5-14(6-4-12)11-18-16-9-7-15(8-10-16)13(2)17/h3-10H,11H2,1-2H3. The van der Waals surface area contributed by atoms with Gasteiger partial charge in [0.05, 0.1) is 0 Å². The van der Waals surface area contributed by atoms with Crippen molar-refractivity contribution in [3.63, 3.8) is 0 Å². The summed E-state index contributed by atoms with van der Waals surface area (Å²) in [5.41, 5.74) is 3.08. The molecule has 92 valence electrons. The monoisotopic (exact) mass is 240 g/mol. The van der Waals surface area contributed by atoms with Gasteiger partial charge in [-0.25, -0.2) is 0 Å². The summed E-state index contributed by atoms with van der Waals surface area (Å²) in [4.78, 5) is 11.1. The van der Waals surface area contributed by atoms with E-state index in [2.05, 4.69) is 31.2 Å². The molecule has 2 heteroatoms. The molecule has 18 heavy (non-hydrogen) atoms. The first kappa shape index (κ1) is 12.4. The number of rotatable bonds is 4. The average molecular weight is 240 g/mol. The van der Waals surface area contributed by atoms with Crippen LogP contribution in [-0.2, 0) is 6.61 Å². The molecule has 0 heterocycles. The molecule has 0 bridgehead atoms. The average Bonchev–Trinajstić information content (AvgIpc) is 2.38. The van der Waals surface area contributed by atoms with Crippen LogP contribution in [0.4, 0.5) is 0 Å². The number of ketones is 1. The Hall–Kier alpha value is -2.09. The van der Waals surface area contributed by atoms with E-state index in [1.54, 1.807) is 19.1 Å². The molecule has 0 saturated carbocycles. The van der Waals surface area contributed by atoms with E-state index in [0.29, 0.717) is 12.2 Å². The van der Waals surface area contributed by atoms with E-state index in [-0.39, 0.29) is 5.78 Å². The van der Waals surface area contributed by atoms with Crippen LogP contribution >= 0.6 is 0 Å². The molecule has 0 unspecified atom stereocenters. The summed E-state index contributed by atoms with van der Waals surface area (Å²) in [5, 5.41) is 0. The number of aryl methyl sites for hydroxylation is 1. The first-order valence-electron chi connectivity index (χ1n) is 5.94. The van der Waals surface area contributed by atoms with Crippen LogP contribution in [0, 0.1) is 6.92 Å². The van der Waals surface area contributed by atoms with Gasteiger partial charge in [0.25, 0.3) is 0 Å². The quantitative estimate of drug-likeness (QED) is 0.760. The van der Waals surface area contributed by atoms with Crippen molar-refractivity contribution < 1.29 is 9.53 Å². The van der Waals surface area contributed by atoms with Crippen LogP contribution in [0.25, 0.3) is 0 Å². The smallest absolute Gasteiger partial charge is 0.159 e. The molecular weight excluding hydrogens is 224 g/mol. The molecule has 2 aromatic rings. The van der Waals surface area contributed by atoms with Crippen molar-refractivity contribution in [3.8, 4) is 5.75 Å². The van der Waals surface area contributed by atoms with Gasteiger partial charge < -0.3 is 4.74 Å². The highest BCUT2D eigenvalue weighted by Gasteiger charge is 2.00. The molecular formula is C16H16O2. The molecule has 2 nitrogen and oxygen atoms in total. The molecule has 2 rings (SSSR count). The zero-order chi connectivity index (χ0) is 13.0. The van der Waals surface area contributed by atoms with Crippen molar-refractivity contribution >= 4 is 5.78 Å². The maximum atomic E-state index is 11.1. The molecule has 0 fully saturated rings. The number of Topliss-reactive ketones (excluding diaryl/α,β-unsaturated/α-hetero) is 1. The molecule has 0 N–H and O–H groups in total. The molecule has 0 atom stereocenters. The Morgan fingerprint density at radius 2 is 1.61 bits per heavy atom. The minimum absolute atomic E-state index is 0.0695. The van der Waals surface area contributed by atoms with Gasteiger partial charge in [0.2, 0.25) is 0 Å². The zero-order valence-corrected chi connectivity index (χ0v) is 10.6. The SMILES string of the molecule is CC(=O)c1ccc(OCc2ccc(C)cc2)cc1. The molecule has 0 amide bonds. The summed E-state index contributed by atoms with van der Waals surface area (Å²) >= 11 is 0. The Morgan fingerprint density at radius 3 is 2.17 bits per heavy atom. The molecule has 0 spiro atoms. The highest BCUT2D eigenvalue weighted by Crippen LogP contribution is 2.14. The van der Waals surface area contributed by atoms with E-state index in [1.807, 2.05) is 12.1 Å². The van der Waals surface area contributed by atoms with Crippen molar-refractivity contribution in [2.45, 2.75) is 20.5 Å². The maximum absolute atomic E-state index is 11.1. The number of hydrogen-bond acceptors (Lipinski definition) is 2. The lowest BCUT2D eigenvalue weighted by atomic mass is 10.1. The Kier molecular flexibility index (Phi) is 3.78. The van der Waals surface area contributed by atoms with E-state index >= 15 is 0 Å². The molecule has 0 aliphatic rings. The second-order valence-corrected chi connectivity index (χ2v) is 4.35. The lowest BCUT2D eigenvalue weighted by Crippen LogP contribution is -1.96. The van der Waals surface area contributed by atoms with Gasteiger partial charge in [-0.1, -0.05) is 29.8 Å². The van der Waals surface area contributed by atoms with Crippen molar-refractivity contribution in [2.24, 2.45) is 0 Å².